The highest BCUT2D eigenvalue weighted by molar-refractivity contribution is 5.86. The van der Waals surface area contributed by atoms with Crippen molar-refractivity contribution in [3.05, 3.63) is 107 Å². The standard InChI is InChI=1S/C42H60O2/c1-33(19-13-21-35(3)23-15-27-41(9)31-39(5,6)29-25-37(41)43)17-11-12-18-34(2)20-14-22-36(4)24-16-28-42(10)32-40(7,8)30-26-38(42)44/h11-24H,25-32H2,1-10H3/b12-11+,19-13+,20-14+,23-15+,24-16+,33-17+,34-18+,35-21+,36-22+. The van der Waals surface area contributed by atoms with Crippen molar-refractivity contribution >= 4 is 11.6 Å². The Morgan fingerprint density at radius 3 is 1.20 bits per heavy atom. The molecule has 0 aliphatic heterocycles. The van der Waals surface area contributed by atoms with Crippen molar-refractivity contribution in [3.63, 3.8) is 0 Å². The normalized spacial score (nSPS) is 27.7. The number of hydrogen-bond acceptors (Lipinski definition) is 2. The zero-order valence-electron chi connectivity index (χ0n) is 29.6. The molecule has 0 aromatic carbocycles. The van der Waals surface area contributed by atoms with Gasteiger partial charge in [0.25, 0.3) is 0 Å². The van der Waals surface area contributed by atoms with Crippen LogP contribution in [0.1, 0.15) is 121 Å². The van der Waals surface area contributed by atoms with Crippen LogP contribution in [-0.2, 0) is 9.59 Å². The van der Waals surface area contributed by atoms with Crippen LogP contribution in [0.4, 0.5) is 0 Å². The summed E-state index contributed by atoms with van der Waals surface area (Å²) in [4.78, 5) is 25.1. The molecule has 0 bridgehead atoms. The fourth-order valence-corrected chi connectivity index (χ4v) is 6.72. The summed E-state index contributed by atoms with van der Waals surface area (Å²) in [5, 5.41) is 0. The fourth-order valence-electron chi connectivity index (χ4n) is 6.72. The Kier molecular flexibility index (Phi) is 13.8. The van der Waals surface area contributed by atoms with E-state index in [0.717, 1.165) is 38.5 Å². The largest absolute Gasteiger partial charge is 0.299 e. The van der Waals surface area contributed by atoms with E-state index in [1.807, 2.05) is 0 Å². The Morgan fingerprint density at radius 1 is 0.523 bits per heavy atom. The molecule has 2 atom stereocenters. The van der Waals surface area contributed by atoms with Crippen LogP contribution >= 0.6 is 0 Å². The van der Waals surface area contributed by atoms with Crippen LogP contribution in [0.25, 0.3) is 0 Å². The van der Waals surface area contributed by atoms with Gasteiger partial charge in [0.1, 0.15) is 11.6 Å². The Labute approximate surface area is 270 Å². The van der Waals surface area contributed by atoms with Crippen LogP contribution < -0.4 is 0 Å². The van der Waals surface area contributed by atoms with Gasteiger partial charge in [-0.1, -0.05) is 149 Å². The van der Waals surface area contributed by atoms with Gasteiger partial charge in [-0.3, -0.25) is 9.59 Å². The molecule has 240 valence electrons. The van der Waals surface area contributed by atoms with E-state index in [2.05, 4.69) is 154 Å². The first kappa shape index (κ1) is 37.2. The smallest absolute Gasteiger partial charge is 0.139 e. The number of carbonyl (C=O) groups excluding carboxylic acids is 2. The maximum atomic E-state index is 12.6. The molecule has 2 rings (SSSR count). The van der Waals surface area contributed by atoms with E-state index in [9.17, 15) is 9.59 Å². The van der Waals surface area contributed by atoms with Crippen molar-refractivity contribution in [1.29, 1.82) is 0 Å². The SMILES string of the molecule is CC(/C=C/C=C(C)/C=C/CC1(C)CC(C)(C)CCC1=O)=C\C=C\C=C(C)\C=C\C=C(C)\C=C\CC1(C)CC(C)(C)CCC1=O. The van der Waals surface area contributed by atoms with E-state index in [0.29, 0.717) is 24.4 Å². The molecule has 0 N–H and O–H groups in total. The zero-order chi connectivity index (χ0) is 33.0. The van der Waals surface area contributed by atoms with Crippen LogP contribution in [0.5, 0.6) is 0 Å². The van der Waals surface area contributed by atoms with E-state index >= 15 is 0 Å². The van der Waals surface area contributed by atoms with Gasteiger partial charge in [-0.05, 0) is 77.0 Å². The third kappa shape index (κ3) is 12.9. The Morgan fingerprint density at radius 2 is 0.841 bits per heavy atom. The first-order valence-electron chi connectivity index (χ1n) is 16.6. The molecule has 2 nitrogen and oxygen atoms in total. The summed E-state index contributed by atoms with van der Waals surface area (Å²) in [6, 6.07) is 0. The lowest BCUT2D eigenvalue weighted by Gasteiger charge is -2.41. The minimum atomic E-state index is -0.232. The summed E-state index contributed by atoms with van der Waals surface area (Å²) < 4.78 is 0. The summed E-state index contributed by atoms with van der Waals surface area (Å²) in [7, 11) is 0. The van der Waals surface area contributed by atoms with Crippen LogP contribution in [0.2, 0.25) is 0 Å². The van der Waals surface area contributed by atoms with Crippen molar-refractivity contribution in [2.24, 2.45) is 21.7 Å². The molecule has 0 aromatic heterocycles. The van der Waals surface area contributed by atoms with Crippen LogP contribution in [-0.4, -0.2) is 11.6 Å². The number of ketones is 2. The maximum Gasteiger partial charge on any atom is 0.139 e. The van der Waals surface area contributed by atoms with Crippen LogP contribution in [0.3, 0.4) is 0 Å². The molecule has 0 aromatic rings. The van der Waals surface area contributed by atoms with Gasteiger partial charge in [0.2, 0.25) is 0 Å². The van der Waals surface area contributed by atoms with Gasteiger partial charge < -0.3 is 0 Å². The molecular weight excluding hydrogens is 536 g/mol. The summed E-state index contributed by atoms with van der Waals surface area (Å²) in [6.07, 6.45) is 36.5. The molecule has 0 radical (unpaired) electrons. The first-order chi connectivity index (χ1) is 20.5. The molecule has 2 aliphatic rings. The van der Waals surface area contributed by atoms with Crippen LogP contribution in [0.15, 0.2) is 107 Å². The first-order valence-corrected chi connectivity index (χ1v) is 16.6. The lowest BCUT2D eigenvalue weighted by molar-refractivity contribution is -0.134. The van der Waals surface area contributed by atoms with Gasteiger partial charge in [-0.2, -0.15) is 0 Å². The monoisotopic (exact) mass is 596 g/mol. The van der Waals surface area contributed by atoms with Crippen molar-refractivity contribution in [3.8, 4) is 0 Å². The molecule has 44 heavy (non-hydrogen) atoms. The predicted molar refractivity (Wildman–Crippen MR) is 191 cm³/mol. The number of hydrogen-bond donors (Lipinski definition) is 0. The van der Waals surface area contributed by atoms with Gasteiger partial charge in [0.05, 0.1) is 0 Å². The summed E-state index contributed by atoms with van der Waals surface area (Å²) in [5.41, 5.74) is 4.74. The summed E-state index contributed by atoms with van der Waals surface area (Å²) in [5.74, 6) is 0.828. The second-order valence-corrected chi connectivity index (χ2v) is 15.6. The second-order valence-electron chi connectivity index (χ2n) is 15.6. The van der Waals surface area contributed by atoms with E-state index in [-0.39, 0.29) is 21.7 Å². The van der Waals surface area contributed by atoms with Gasteiger partial charge in [0, 0.05) is 23.7 Å². The maximum absolute atomic E-state index is 12.6. The molecule has 2 aliphatic carbocycles. The van der Waals surface area contributed by atoms with Crippen molar-refractivity contribution in [1.82, 2.24) is 0 Å². The Bertz CT molecular complexity index is 1200. The molecule has 0 heterocycles. The van der Waals surface area contributed by atoms with Gasteiger partial charge in [-0.15, -0.1) is 0 Å². The zero-order valence-corrected chi connectivity index (χ0v) is 29.6. The number of Topliss-reactive ketones (excluding diaryl/α,β-unsaturated/α-hetero) is 2. The van der Waals surface area contributed by atoms with Crippen molar-refractivity contribution in [2.75, 3.05) is 0 Å². The quantitative estimate of drug-likeness (QED) is 0.210. The molecule has 2 saturated carbocycles. The molecule has 0 amide bonds. The average Bonchev–Trinajstić information content (AvgIpc) is 2.91. The molecule has 2 fully saturated rings. The highest BCUT2D eigenvalue weighted by Gasteiger charge is 2.42. The van der Waals surface area contributed by atoms with Gasteiger partial charge in [0.15, 0.2) is 0 Å². The minimum absolute atomic E-state index is 0.232. The van der Waals surface area contributed by atoms with E-state index in [1.54, 1.807) is 0 Å². The Balaban J connectivity index is 1.81. The number of rotatable bonds is 12. The van der Waals surface area contributed by atoms with Crippen molar-refractivity contribution < 1.29 is 9.59 Å². The third-order valence-corrected chi connectivity index (χ3v) is 9.31. The van der Waals surface area contributed by atoms with Gasteiger partial charge in [-0.25, -0.2) is 0 Å². The van der Waals surface area contributed by atoms with E-state index in [4.69, 9.17) is 0 Å². The Hall–Kier alpha value is -3.00. The third-order valence-electron chi connectivity index (χ3n) is 9.31. The summed E-state index contributed by atoms with van der Waals surface area (Å²) >= 11 is 0. The molecule has 0 spiro atoms. The van der Waals surface area contributed by atoms with E-state index in [1.165, 1.54) is 22.3 Å². The highest BCUT2D eigenvalue weighted by atomic mass is 16.1. The molecule has 2 heteroatoms. The van der Waals surface area contributed by atoms with Crippen LogP contribution in [0, 0.1) is 21.7 Å². The average molecular weight is 597 g/mol. The topological polar surface area (TPSA) is 34.1 Å². The molecule has 0 saturated heterocycles. The lowest BCUT2D eigenvalue weighted by atomic mass is 9.62. The second kappa shape index (κ2) is 16.4. The molecular formula is C42H60O2. The minimum Gasteiger partial charge on any atom is -0.299 e. The van der Waals surface area contributed by atoms with E-state index < -0.39 is 0 Å². The summed E-state index contributed by atoms with van der Waals surface area (Å²) in [6.45, 7) is 21.8. The van der Waals surface area contributed by atoms with Gasteiger partial charge >= 0.3 is 0 Å². The fraction of sp³-hybridized carbons (Fsp3) is 0.524. The van der Waals surface area contributed by atoms with Crippen molar-refractivity contribution in [2.45, 2.75) is 121 Å². The number of allylic oxidation sites excluding steroid dienone is 18. The lowest BCUT2D eigenvalue weighted by Crippen LogP contribution is -2.38. The number of carbonyl (C=O) groups is 2. The predicted octanol–water partition coefficient (Wildman–Crippen LogP) is 11.9. The highest BCUT2D eigenvalue weighted by Crippen LogP contribution is 2.47. The molecule has 2 unspecified atom stereocenters.